The van der Waals surface area contributed by atoms with Gasteiger partial charge in [0.25, 0.3) is 0 Å². The molecule has 0 spiro atoms. The summed E-state index contributed by atoms with van der Waals surface area (Å²) in [6.07, 6.45) is 14.7. The Balaban J connectivity index is 1.35. The maximum Gasteiger partial charge on any atom is 0.314 e. The monoisotopic (exact) mass is 411 g/mol. The number of nitriles is 1. The maximum absolute atomic E-state index is 12.6. The zero-order valence-electron chi connectivity index (χ0n) is 18.5. The van der Waals surface area contributed by atoms with Crippen LogP contribution >= 0.6 is 0 Å². The molecule has 0 radical (unpaired) electrons. The van der Waals surface area contributed by atoms with Gasteiger partial charge >= 0.3 is 5.97 Å². The fraction of sp³-hybridized carbons (Fsp3) is 0.692. The second kappa shape index (κ2) is 12.1. The van der Waals surface area contributed by atoms with Crippen molar-refractivity contribution in [1.82, 2.24) is 0 Å². The minimum atomic E-state index is -0.111. The number of benzene rings is 1. The summed E-state index contributed by atoms with van der Waals surface area (Å²) in [6.45, 7) is 3.17. The highest BCUT2D eigenvalue weighted by atomic mass is 16.5. The van der Waals surface area contributed by atoms with Crippen molar-refractivity contribution >= 4 is 5.97 Å². The van der Waals surface area contributed by atoms with E-state index in [0.29, 0.717) is 29.3 Å². The lowest BCUT2D eigenvalue weighted by Gasteiger charge is -2.41. The Kier molecular flexibility index (Phi) is 9.21. The first kappa shape index (κ1) is 22.8. The number of ether oxygens (including phenoxy) is 2. The van der Waals surface area contributed by atoms with Crippen LogP contribution in [-0.2, 0) is 9.53 Å². The smallest absolute Gasteiger partial charge is 0.314 e. The fourth-order valence-corrected chi connectivity index (χ4v) is 5.14. The Morgan fingerprint density at radius 3 is 2.43 bits per heavy atom. The van der Waals surface area contributed by atoms with Crippen LogP contribution in [0.1, 0.15) is 89.5 Å². The molecule has 0 bridgehead atoms. The third-order valence-electron chi connectivity index (χ3n) is 6.95. The van der Waals surface area contributed by atoms with Crippen LogP contribution in [0.25, 0.3) is 0 Å². The lowest BCUT2D eigenvalue weighted by Crippen LogP contribution is -2.37. The second-order valence-electron chi connectivity index (χ2n) is 9.16. The summed E-state index contributed by atoms with van der Waals surface area (Å²) in [5, 5.41) is 8.88. The Bertz CT molecular complexity index is 693. The van der Waals surface area contributed by atoms with Gasteiger partial charge in [-0.25, -0.2) is 0 Å². The molecule has 164 valence electrons. The van der Waals surface area contributed by atoms with Crippen molar-refractivity contribution in [1.29, 1.82) is 5.26 Å². The molecule has 1 aromatic carbocycles. The van der Waals surface area contributed by atoms with Gasteiger partial charge in [0.2, 0.25) is 0 Å². The lowest BCUT2D eigenvalue weighted by atomic mass is 9.67. The van der Waals surface area contributed by atoms with Crippen LogP contribution in [-0.4, -0.2) is 18.7 Å². The van der Waals surface area contributed by atoms with Gasteiger partial charge in [-0.3, -0.25) is 4.79 Å². The number of nitrogens with zero attached hydrogens (tertiary/aromatic N) is 1. The number of esters is 1. The van der Waals surface area contributed by atoms with Gasteiger partial charge in [0, 0.05) is 6.61 Å². The highest BCUT2D eigenvalue weighted by Gasteiger charge is 2.38. The molecule has 1 aromatic rings. The highest BCUT2D eigenvalue weighted by Crippen LogP contribution is 2.44. The molecule has 30 heavy (non-hydrogen) atoms. The molecule has 2 aliphatic rings. The molecular formula is C26H37NO3. The average Bonchev–Trinajstić information content (AvgIpc) is 2.78. The van der Waals surface area contributed by atoms with E-state index in [1.807, 2.05) is 0 Å². The molecule has 0 saturated heterocycles. The van der Waals surface area contributed by atoms with Crippen molar-refractivity contribution in [3.8, 4) is 11.8 Å². The maximum atomic E-state index is 12.6. The summed E-state index contributed by atoms with van der Waals surface area (Å²) in [5.74, 6) is 1.76. The summed E-state index contributed by atoms with van der Waals surface area (Å²) in [7, 11) is 0. The second-order valence-corrected chi connectivity index (χ2v) is 9.16. The molecule has 2 fully saturated rings. The molecule has 2 unspecified atom stereocenters. The van der Waals surface area contributed by atoms with E-state index in [1.165, 1.54) is 44.9 Å². The number of hydrogen-bond donors (Lipinski definition) is 0. The topological polar surface area (TPSA) is 59.3 Å². The fourth-order valence-electron chi connectivity index (χ4n) is 5.14. The van der Waals surface area contributed by atoms with Crippen molar-refractivity contribution in [3.63, 3.8) is 0 Å². The summed E-state index contributed by atoms with van der Waals surface area (Å²) in [6, 6.07) is 8.86. The van der Waals surface area contributed by atoms with Gasteiger partial charge in [0.1, 0.15) is 5.75 Å². The van der Waals surface area contributed by atoms with E-state index < -0.39 is 0 Å². The molecule has 0 heterocycles. The van der Waals surface area contributed by atoms with Crippen molar-refractivity contribution in [3.05, 3.63) is 29.8 Å². The highest BCUT2D eigenvalue weighted by molar-refractivity contribution is 5.75. The first-order valence-electron chi connectivity index (χ1n) is 12.0. The molecule has 2 saturated carbocycles. The van der Waals surface area contributed by atoms with E-state index in [4.69, 9.17) is 14.7 Å². The van der Waals surface area contributed by atoms with E-state index in [1.54, 1.807) is 24.3 Å². The Hall–Kier alpha value is -1.86. The predicted octanol–water partition coefficient (Wildman–Crippen LogP) is 6.43. The van der Waals surface area contributed by atoms with E-state index >= 15 is 0 Å². The lowest BCUT2D eigenvalue weighted by molar-refractivity contribution is -0.141. The molecular weight excluding hydrogens is 374 g/mol. The third-order valence-corrected chi connectivity index (χ3v) is 6.95. The molecule has 0 amide bonds. The molecule has 0 N–H and O–H groups in total. The molecule has 0 aliphatic heterocycles. The zero-order valence-corrected chi connectivity index (χ0v) is 18.5. The van der Waals surface area contributed by atoms with Gasteiger partial charge in [-0.05, 0) is 81.0 Å². The van der Waals surface area contributed by atoms with Crippen LogP contribution in [0.15, 0.2) is 24.3 Å². The standard InChI is InChI=1S/C26H37NO3/c1-2-3-4-5-6-7-16-29-25-15-12-21-17-23(11-10-22(21)18-25)26(28)30-24-13-8-20(19-27)9-14-24/h8-9,13-14,21-23,25H,2-7,10-12,15-18H2,1H3/t21?,22-,23-,25?/m1/s1. The zero-order chi connectivity index (χ0) is 21.2. The largest absolute Gasteiger partial charge is 0.426 e. The van der Waals surface area contributed by atoms with E-state index in [9.17, 15) is 4.79 Å². The van der Waals surface area contributed by atoms with Crippen LogP contribution in [0.5, 0.6) is 5.75 Å². The van der Waals surface area contributed by atoms with Gasteiger partial charge < -0.3 is 9.47 Å². The number of unbranched alkanes of at least 4 members (excludes halogenated alkanes) is 5. The molecule has 4 nitrogen and oxygen atoms in total. The Morgan fingerprint density at radius 1 is 0.967 bits per heavy atom. The molecule has 0 aromatic heterocycles. The van der Waals surface area contributed by atoms with Crippen LogP contribution < -0.4 is 4.74 Å². The van der Waals surface area contributed by atoms with Gasteiger partial charge in [0.15, 0.2) is 0 Å². The van der Waals surface area contributed by atoms with E-state index in [-0.39, 0.29) is 11.9 Å². The minimum Gasteiger partial charge on any atom is -0.426 e. The Labute approximate surface area is 181 Å². The number of rotatable bonds is 10. The van der Waals surface area contributed by atoms with E-state index in [2.05, 4.69) is 13.0 Å². The van der Waals surface area contributed by atoms with Crippen molar-refractivity contribution in [2.24, 2.45) is 17.8 Å². The van der Waals surface area contributed by atoms with Crippen molar-refractivity contribution < 1.29 is 14.3 Å². The third kappa shape index (κ3) is 6.84. The van der Waals surface area contributed by atoms with Crippen LogP contribution in [0.4, 0.5) is 0 Å². The minimum absolute atomic E-state index is 0.00230. The molecule has 3 rings (SSSR count). The van der Waals surface area contributed by atoms with Crippen molar-refractivity contribution in [2.45, 2.75) is 90.1 Å². The van der Waals surface area contributed by atoms with E-state index in [0.717, 1.165) is 38.7 Å². The first-order chi connectivity index (χ1) is 14.7. The SMILES string of the molecule is CCCCCCCCOC1CCC2C[C@H](C(=O)Oc3ccc(C#N)cc3)CC[C@@H]2C1. The quantitative estimate of drug-likeness (QED) is 0.253. The van der Waals surface area contributed by atoms with Gasteiger partial charge in [-0.2, -0.15) is 5.26 Å². The van der Waals surface area contributed by atoms with Gasteiger partial charge in [0.05, 0.1) is 23.7 Å². The number of carbonyl (C=O) groups is 1. The van der Waals surface area contributed by atoms with Gasteiger partial charge in [-0.15, -0.1) is 0 Å². The van der Waals surface area contributed by atoms with Crippen molar-refractivity contribution in [2.75, 3.05) is 6.61 Å². The number of fused-ring (bicyclic) bond motifs is 1. The normalized spacial score (nSPS) is 25.9. The molecule has 4 atom stereocenters. The number of carbonyl (C=O) groups excluding carboxylic acids is 1. The summed E-state index contributed by atoms with van der Waals surface area (Å²) in [4.78, 5) is 12.6. The van der Waals surface area contributed by atoms with Crippen LogP contribution in [0.3, 0.4) is 0 Å². The summed E-state index contributed by atoms with van der Waals surface area (Å²) < 4.78 is 11.8. The number of hydrogen-bond acceptors (Lipinski definition) is 4. The predicted molar refractivity (Wildman–Crippen MR) is 118 cm³/mol. The summed E-state index contributed by atoms with van der Waals surface area (Å²) >= 11 is 0. The van der Waals surface area contributed by atoms with Crippen LogP contribution in [0, 0.1) is 29.1 Å². The van der Waals surface area contributed by atoms with Crippen LogP contribution in [0.2, 0.25) is 0 Å². The first-order valence-corrected chi connectivity index (χ1v) is 12.0. The average molecular weight is 412 g/mol. The summed E-state index contributed by atoms with van der Waals surface area (Å²) in [5.41, 5.74) is 0.575. The molecule has 2 aliphatic carbocycles. The Morgan fingerprint density at radius 2 is 1.67 bits per heavy atom. The molecule has 4 heteroatoms. The van der Waals surface area contributed by atoms with Gasteiger partial charge in [-0.1, -0.05) is 39.0 Å².